The number of nitrogens with zero attached hydrogens (tertiary/aromatic N) is 1. The molecule has 25 heavy (non-hydrogen) atoms. The molecule has 0 saturated heterocycles. The summed E-state index contributed by atoms with van der Waals surface area (Å²) in [6, 6.07) is 10.9. The van der Waals surface area contributed by atoms with Gasteiger partial charge in [-0.2, -0.15) is 18.4 Å². The lowest BCUT2D eigenvalue weighted by atomic mass is 10.1. The third-order valence-corrected chi connectivity index (χ3v) is 3.74. The van der Waals surface area contributed by atoms with Gasteiger partial charge in [-0.25, -0.2) is 4.79 Å². The second-order valence-corrected chi connectivity index (χ2v) is 5.53. The first-order valence-electron chi connectivity index (χ1n) is 6.90. The number of alkyl halides is 3. The number of rotatable bonds is 2. The molecule has 0 unspecified atom stereocenters. The molecule has 0 aliphatic heterocycles. The summed E-state index contributed by atoms with van der Waals surface area (Å²) in [5, 5.41) is 11.8. The first kappa shape index (κ1) is 16.9. The molecule has 8 heteroatoms. The Hall–Kier alpha value is -2.98. The van der Waals surface area contributed by atoms with E-state index in [0.29, 0.717) is 23.0 Å². The number of nitrogens with one attached hydrogen (secondary N) is 1. The third kappa shape index (κ3) is 3.44. The number of anilines is 2. The lowest BCUT2D eigenvalue weighted by molar-refractivity contribution is -0.136. The van der Waals surface area contributed by atoms with Gasteiger partial charge in [-0.05, 0) is 30.3 Å². The Morgan fingerprint density at radius 2 is 1.76 bits per heavy atom. The van der Waals surface area contributed by atoms with Gasteiger partial charge in [0.05, 0.1) is 16.1 Å². The maximum atomic E-state index is 13.0. The first-order valence-corrected chi connectivity index (χ1v) is 7.27. The summed E-state index contributed by atoms with van der Waals surface area (Å²) in [4.78, 5) is 11.4. The Balaban J connectivity index is 2.04. The fourth-order valence-electron chi connectivity index (χ4n) is 2.33. The zero-order chi connectivity index (χ0) is 18.2. The molecule has 0 aliphatic carbocycles. The molecule has 0 spiro atoms. The maximum absolute atomic E-state index is 13.0. The standard InChI is InChI=1S/C17H8ClF3N2O2/c18-14-5-10(2-1-9(14)8-22)23-11-3-4-12-13(17(19,20)21)7-16(24)25-15(12)6-11/h1-7,23H. The van der Waals surface area contributed by atoms with E-state index in [2.05, 4.69) is 5.32 Å². The Labute approximate surface area is 144 Å². The van der Waals surface area contributed by atoms with Crippen molar-refractivity contribution >= 4 is 33.9 Å². The summed E-state index contributed by atoms with van der Waals surface area (Å²) in [5.41, 5.74) is -1.10. The summed E-state index contributed by atoms with van der Waals surface area (Å²) in [5.74, 6) is 0. The van der Waals surface area contributed by atoms with Crippen LogP contribution in [0.4, 0.5) is 24.5 Å². The monoisotopic (exact) mass is 364 g/mol. The van der Waals surface area contributed by atoms with Crippen LogP contribution in [0.15, 0.2) is 51.7 Å². The third-order valence-electron chi connectivity index (χ3n) is 3.43. The minimum absolute atomic E-state index is 0.190. The fourth-order valence-corrected chi connectivity index (χ4v) is 2.55. The zero-order valence-electron chi connectivity index (χ0n) is 12.3. The maximum Gasteiger partial charge on any atom is 0.417 e. The molecule has 0 atom stereocenters. The van der Waals surface area contributed by atoms with E-state index in [1.807, 2.05) is 6.07 Å². The number of hydrogen-bond acceptors (Lipinski definition) is 4. The van der Waals surface area contributed by atoms with Gasteiger partial charge < -0.3 is 9.73 Å². The molecule has 1 heterocycles. The minimum atomic E-state index is -4.66. The van der Waals surface area contributed by atoms with Gasteiger partial charge >= 0.3 is 11.8 Å². The SMILES string of the molecule is N#Cc1ccc(Nc2ccc3c(C(F)(F)F)cc(=O)oc3c2)cc1Cl. The second kappa shape index (κ2) is 6.15. The van der Waals surface area contributed by atoms with E-state index in [1.165, 1.54) is 30.3 Å². The van der Waals surface area contributed by atoms with E-state index in [-0.39, 0.29) is 16.0 Å². The second-order valence-electron chi connectivity index (χ2n) is 5.12. The predicted molar refractivity (Wildman–Crippen MR) is 86.9 cm³/mol. The van der Waals surface area contributed by atoms with Crippen LogP contribution in [0.25, 0.3) is 11.0 Å². The van der Waals surface area contributed by atoms with Crippen LogP contribution >= 0.6 is 11.6 Å². The molecular weight excluding hydrogens is 357 g/mol. The van der Waals surface area contributed by atoms with E-state index in [1.54, 1.807) is 6.07 Å². The van der Waals surface area contributed by atoms with Gasteiger partial charge in [-0.3, -0.25) is 0 Å². The van der Waals surface area contributed by atoms with E-state index in [4.69, 9.17) is 21.3 Å². The van der Waals surface area contributed by atoms with Crippen LogP contribution in [0.5, 0.6) is 0 Å². The van der Waals surface area contributed by atoms with E-state index < -0.39 is 17.4 Å². The van der Waals surface area contributed by atoms with Gasteiger partial charge in [0.15, 0.2) is 0 Å². The van der Waals surface area contributed by atoms with Crippen LogP contribution < -0.4 is 10.9 Å². The average Bonchev–Trinajstić information content (AvgIpc) is 2.53. The lowest BCUT2D eigenvalue weighted by Crippen LogP contribution is -2.11. The van der Waals surface area contributed by atoms with E-state index in [0.717, 1.165) is 0 Å². The summed E-state index contributed by atoms with van der Waals surface area (Å²) in [6.07, 6.45) is -4.66. The van der Waals surface area contributed by atoms with Crippen molar-refractivity contribution in [3.63, 3.8) is 0 Å². The van der Waals surface area contributed by atoms with Crippen molar-refractivity contribution in [3.8, 4) is 6.07 Å². The molecule has 4 nitrogen and oxygen atoms in total. The molecule has 0 saturated carbocycles. The molecule has 0 radical (unpaired) electrons. The van der Waals surface area contributed by atoms with Gasteiger partial charge in [0.1, 0.15) is 11.7 Å². The highest BCUT2D eigenvalue weighted by atomic mass is 35.5. The molecule has 2 aromatic carbocycles. The summed E-state index contributed by atoms with van der Waals surface area (Å²) < 4.78 is 43.9. The Kier molecular flexibility index (Phi) is 4.15. The normalized spacial score (nSPS) is 11.3. The van der Waals surface area contributed by atoms with Gasteiger partial charge in [-0.15, -0.1) is 0 Å². The van der Waals surface area contributed by atoms with Gasteiger partial charge in [0.25, 0.3) is 0 Å². The average molecular weight is 365 g/mol. The van der Waals surface area contributed by atoms with Gasteiger partial charge in [-0.1, -0.05) is 11.6 Å². The Morgan fingerprint density at radius 3 is 2.40 bits per heavy atom. The predicted octanol–water partition coefficient (Wildman–Crippen LogP) is 5.08. The molecule has 126 valence electrons. The highest BCUT2D eigenvalue weighted by Crippen LogP contribution is 2.35. The highest BCUT2D eigenvalue weighted by Gasteiger charge is 2.33. The molecule has 0 bridgehead atoms. The van der Waals surface area contributed by atoms with Crippen LogP contribution in [0.2, 0.25) is 5.02 Å². The molecule has 3 rings (SSSR count). The topological polar surface area (TPSA) is 66.0 Å². The number of fused-ring (bicyclic) bond motifs is 1. The molecule has 0 fully saturated rings. The van der Waals surface area contributed by atoms with Crippen molar-refractivity contribution in [1.29, 1.82) is 5.26 Å². The van der Waals surface area contributed by atoms with Crippen molar-refractivity contribution in [2.24, 2.45) is 0 Å². The molecule has 1 N–H and O–H groups in total. The zero-order valence-corrected chi connectivity index (χ0v) is 13.1. The number of nitriles is 1. The molecular formula is C17H8ClF3N2O2. The van der Waals surface area contributed by atoms with Crippen LogP contribution in [0.3, 0.4) is 0 Å². The van der Waals surface area contributed by atoms with Crippen LogP contribution in [-0.4, -0.2) is 0 Å². The van der Waals surface area contributed by atoms with Crippen molar-refractivity contribution in [2.75, 3.05) is 5.32 Å². The Morgan fingerprint density at radius 1 is 1.08 bits per heavy atom. The first-order chi connectivity index (χ1) is 11.8. The lowest BCUT2D eigenvalue weighted by Gasteiger charge is -2.11. The van der Waals surface area contributed by atoms with Crippen molar-refractivity contribution in [2.45, 2.75) is 6.18 Å². The smallest absolute Gasteiger partial charge is 0.417 e. The van der Waals surface area contributed by atoms with E-state index >= 15 is 0 Å². The highest BCUT2D eigenvalue weighted by molar-refractivity contribution is 6.32. The van der Waals surface area contributed by atoms with Crippen molar-refractivity contribution < 1.29 is 17.6 Å². The van der Waals surface area contributed by atoms with Crippen LogP contribution in [0, 0.1) is 11.3 Å². The number of hydrogen-bond donors (Lipinski definition) is 1. The van der Waals surface area contributed by atoms with Gasteiger partial charge in [0, 0.05) is 28.9 Å². The molecule has 0 aliphatic rings. The molecule has 3 aromatic rings. The van der Waals surface area contributed by atoms with Crippen molar-refractivity contribution in [1.82, 2.24) is 0 Å². The van der Waals surface area contributed by atoms with Gasteiger partial charge in [0.2, 0.25) is 0 Å². The number of benzene rings is 2. The molecule has 0 amide bonds. The molecule has 1 aromatic heterocycles. The van der Waals surface area contributed by atoms with E-state index in [9.17, 15) is 18.0 Å². The quantitative estimate of drug-likeness (QED) is 0.644. The van der Waals surface area contributed by atoms with Crippen molar-refractivity contribution in [3.05, 3.63) is 69.0 Å². The summed E-state index contributed by atoms with van der Waals surface area (Å²) in [7, 11) is 0. The van der Waals surface area contributed by atoms with Crippen LogP contribution in [-0.2, 0) is 6.18 Å². The number of halogens is 4. The minimum Gasteiger partial charge on any atom is -0.423 e. The largest absolute Gasteiger partial charge is 0.423 e. The fraction of sp³-hybridized carbons (Fsp3) is 0.0588. The summed E-state index contributed by atoms with van der Waals surface area (Å²) >= 11 is 5.94. The van der Waals surface area contributed by atoms with Crippen LogP contribution in [0.1, 0.15) is 11.1 Å². The Bertz CT molecular complexity index is 1070. The summed E-state index contributed by atoms with van der Waals surface area (Å²) in [6.45, 7) is 0.